The van der Waals surface area contributed by atoms with Gasteiger partial charge in [0, 0.05) is 23.1 Å². The third-order valence-electron chi connectivity index (χ3n) is 3.37. The summed E-state index contributed by atoms with van der Waals surface area (Å²) in [6, 6.07) is 14.8. The number of hydrogen-bond acceptors (Lipinski definition) is 4. The van der Waals surface area contributed by atoms with E-state index >= 15 is 0 Å². The van der Waals surface area contributed by atoms with Crippen molar-refractivity contribution in [3.05, 3.63) is 59.9 Å². The van der Waals surface area contributed by atoms with Crippen LogP contribution in [-0.4, -0.2) is 29.5 Å². The second kappa shape index (κ2) is 6.62. The number of fused-ring (bicyclic) bond motifs is 1. The number of carbonyl (C=O) groups excluding carboxylic acids is 1. The molecule has 3 rings (SSSR count). The fourth-order valence-electron chi connectivity index (χ4n) is 2.35. The number of para-hydroxylation sites is 1. The molecule has 1 amide bonds. The van der Waals surface area contributed by atoms with Gasteiger partial charge in [0.15, 0.2) is 0 Å². The zero-order valence-electron chi connectivity index (χ0n) is 12.5. The van der Waals surface area contributed by atoms with Crippen LogP contribution >= 0.6 is 11.6 Å². The van der Waals surface area contributed by atoms with Gasteiger partial charge in [-0.3, -0.25) is 4.79 Å². The second-order valence-electron chi connectivity index (χ2n) is 5.13. The molecule has 1 aromatic heterocycles. The monoisotopic (exact) mass is 326 g/mol. The summed E-state index contributed by atoms with van der Waals surface area (Å²) in [5.41, 5.74) is 1.52. The highest BCUT2D eigenvalue weighted by Crippen LogP contribution is 2.21. The Bertz CT molecular complexity index is 847. The van der Waals surface area contributed by atoms with E-state index in [0.29, 0.717) is 10.7 Å². The van der Waals surface area contributed by atoms with Gasteiger partial charge in [0.25, 0.3) is 0 Å². The van der Waals surface area contributed by atoms with Crippen molar-refractivity contribution < 1.29 is 4.79 Å². The topological polar surface area (TPSA) is 58.1 Å². The second-order valence-corrected chi connectivity index (χ2v) is 5.57. The lowest BCUT2D eigenvalue weighted by Gasteiger charge is -2.19. The highest BCUT2D eigenvalue weighted by Gasteiger charge is 2.12. The molecule has 0 aliphatic carbocycles. The zero-order valence-corrected chi connectivity index (χ0v) is 13.3. The van der Waals surface area contributed by atoms with E-state index < -0.39 is 0 Å². The Morgan fingerprint density at radius 2 is 2.00 bits per heavy atom. The fourth-order valence-corrected chi connectivity index (χ4v) is 2.54. The summed E-state index contributed by atoms with van der Waals surface area (Å²) in [6.45, 7) is 0.174. The van der Waals surface area contributed by atoms with Crippen molar-refractivity contribution in [3.63, 3.8) is 0 Å². The molecule has 0 aliphatic heterocycles. The van der Waals surface area contributed by atoms with Gasteiger partial charge >= 0.3 is 0 Å². The number of halogens is 1. The largest absolute Gasteiger partial charge is 0.350 e. The molecule has 1 heterocycles. The number of nitrogens with one attached hydrogen (secondary N) is 1. The van der Waals surface area contributed by atoms with E-state index in [1.54, 1.807) is 29.2 Å². The number of benzene rings is 2. The van der Waals surface area contributed by atoms with Crippen molar-refractivity contribution in [3.8, 4) is 0 Å². The van der Waals surface area contributed by atoms with E-state index in [1.807, 2.05) is 31.3 Å². The first-order chi connectivity index (χ1) is 11.1. The summed E-state index contributed by atoms with van der Waals surface area (Å²) in [7, 11) is 1.83. The molecule has 0 spiro atoms. The molecule has 0 aliphatic rings. The van der Waals surface area contributed by atoms with Crippen LogP contribution in [0.3, 0.4) is 0 Å². The molecule has 2 aromatic carbocycles. The van der Waals surface area contributed by atoms with Gasteiger partial charge in [-0.2, -0.15) is 0 Å². The minimum absolute atomic E-state index is 0.141. The first-order valence-electron chi connectivity index (χ1n) is 7.10. The van der Waals surface area contributed by atoms with Crippen molar-refractivity contribution in [2.24, 2.45) is 0 Å². The van der Waals surface area contributed by atoms with Crippen molar-refractivity contribution in [2.45, 2.75) is 0 Å². The Balaban J connectivity index is 1.75. The predicted octanol–water partition coefficient (Wildman–Crippen LogP) is 3.36. The molecule has 0 saturated carbocycles. The summed E-state index contributed by atoms with van der Waals surface area (Å²) in [6.07, 6.45) is 1.50. The Morgan fingerprint density at radius 1 is 1.17 bits per heavy atom. The molecule has 23 heavy (non-hydrogen) atoms. The number of rotatable bonds is 4. The molecule has 0 radical (unpaired) electrons. The molecule has 0 bridgehead atoms. The van der Waals surface area contributed by atoms with Gasteiger partial charge in [0.2, 0.25) is 5.91 Å². The standard InChI is InChI=1S/C17H15ClN4O/c1-22(10-16(23)21-13-6-4-5-12(18)9-13)17-14-7-2-3-8-15(14)19-11-20-17/h2-9,11H,10H2,1H3,(H,21,23). The zero-order chi connectivity index (χ0) is 16.2. The van der Waals surface area contributed by atoms with Crippen LogP contribution in [0.5, 0.6) is 0 Å². The Hall–Kier alpha value is -2.66. The van der Waals surface area contributed by atoms with Gasteiger partial charge in [0.1, 0.15) is 12.1 Å². The number of hydrogen-bond donors (Lipinski definition) is 1. The number of likely N-dealkylation sites (N-methyl/N-ethyl adjacent to an activating group) is 1. The molecule has 0 atom stereocenters. The molecule has 0 saturated heterocycles. The van der Waals surface area contributed by atoms with Crippen LogP contribution < -0.4 is 10.2 Å². The van der Waals surface area contributed by atoms with E-state index in [9.17, 15) is 4.79 Å². The molecule has 0 unspecified atom stereocenters. The number of carbonyl (C=O) groups is 1. The molecule has 3 aromatic rings. The van der Waals surface area contributed by atoms with Crippen molar-refractivity contribution >= 4 is 39.9 Å². The molecule has 6 heteroatoms. The van der Waals surface area contributed by atoms with Crippen LogP contribution in [0.25, 0.3) is 10.9 Å². The van der Waals surface area contributed by atoms with Gasteiger partial charge in [-0.1, -0.05) is 29.8 Å². The molecular formula is C17H15ClN4O. The van der Waals surface area contributed by atoms with Crippen LogP contribution in [0.15, 0.2) is 54.9 Å². The lowest BCUT2D eigenvalue weighted by atomic mass is 10.2. The van der Waals surface area contributed by atoms with Gasteiger partial charge in [-0.15, -0.1) is 0 Å². The molecule has 5 nitrogen and oxygen atoms in total. The van der Waals surface area contributed by atoms with Crippen LogP contribution in [-0.2, 0) is 4.79 Å². The highest BCUT2D eigenvalue weighted by molar-refractivity contribution is 6.30. The lowest BCUT2D eigenvalue weighted by molar-refractivity contribution is -0.114. The summed E-state index contributed by atoms with van der Waals surface area (Å²) < 4.78 is 0. The SMILES string of the molecule is CN(CC(=O)Nc1cccc(Cl)c1)c1ncnc2ccccc12. The highest BCUT2D eigenvalue weighted by atomic mass is 35.5. The van der Waals surface area contributed by atoms with Crippen molar-refractivity contribution in [2.75, 3.05) is 23.8 Å². The summed E-state index contributed by atoms with van der Waals surface area (Å²) >= 11 is 5.92. The van der Waals surface area contributed by atoms with Crippen molar-refractivity contribution in [1.82, 2.24) is 9.97 Å². The summed E-state index contributed by atoms with van der Waals surface area (Å²) in [4.78, 5) is 22.5. The first kappa shape index (κ1) is 15.2. The summed E-state index contributed by atoms with van der Waals surface area (Å²) in [5, 5.41) is 4.31. The van der Waals surface area contributed by atoms with E-state index in [1.165, 1.54) is 6.33 Å². The number of aromatic nitrogens is 2. The smallest absolute Gasteiger partial charge is 0.243 e. The Morgan fingerprint density at radius 3 is 2.83 bits per heavy atom. The van der Waals surface area contributed by atoms with Gasteiger partial charge in [-0.05, 0) is 30.3 Å². The quantitative estimate of drug-likeness (QED) is 0.798. The van der Waals surface area contributed by atoms with Gasteiger partial charge in [0.05, 0.1) is 12.1 Å². The Kier molecular flexibility index (Phi) is 4.39. The number of nitrogens with zero attached hydrogens (tertiary/aromatic N) is 3. The normalized spacial score (nSPS) is 10.5. The third-order valence-corrected chi connectivity index (χ3v) is 3.61. The van der Waals surface area contributed by atoms with Gasteiger partial charge < -0.3 is 10.2 Å². The average Bonchev–Trinajstić information content (AvgIpc) is 2.54. The molecular weight excluding hydrogens is 312 g/mol. The van der Waals surface area contributed by atoms with Crippen molar-refractivity contribution in [1.29, 1.82) is 0 Å². The molecule has 116 valence electrons. The number of anilines is 2. The lowest BCUT2D eigenvalue weighted by Crippen LogP contribution is -2.30. The van der Waals surface area contributed by atoms with E-state index in [2.05, 4.69) is 15.3 Å². The molecule has 0 fully saturated rings. The maximum atomic E-state index is 12.2. The third kappa shape index (κ3) is 3.57. The number of amides is 1. The van der Waals surface area contributed by atoms with E-state index in [4.69, 9.17) is 11.6 Å². The van der Waals surface area contributed by atoms with Crippen LogP contribution in [0.1, 0.15) is 0 Å². The molecule has 1 N–H and O–H groups in total. The van der Waals surface area contributed by atoms with Crippen LogP contribution in [0.2, 0.25) is 5.02 Å². The minimum Gasteiger partial charge on any atom is -0.350 e. The van der Waals surface area contributed by atoms with Crippen LogP contribution in [0.4, 0.5) is 11.5 Å². The maximum Gasteiger partial charge on any atom is 0.243 e. The first-order valence-corrected chi connectivity index (χ1v) is 7.47. The van der Waals surface area contributed by atoms with E-state index in [-0.39, 0.29) is 12.5 Å². The fraction of sp³-hybridized carbons (Fsp3) is 0.118. The van der Waals surface area contributed by atoms with Gasteiger partial charge in [-0.25, -0.2) is 9.97 Å². The Labute approximate surface area is 138 Å². The predicted molar refractivity (Wildman–Crippen MR) is 92.9 cm³/mol. The van der Waals surface area contributed by atoms with Crippen LogP contribution in [0, 0.1) is 0 Å². The van der Waals surface area contributed by atoms with E-state index in [0.717, 1.165) is 16.7 Å². The summed E-state index contributed by atoms with van der Waals surface area (Å²) in [5.74, 6) is 0.578. The maximum absolute atomic E-state index is 12.2. The minimum atomic E-state index is -0.141. The average molecular weight is 327 g/mol.